The monoisotopic (exact) mass is 1430 g/mol. The summed E-state index contributed by atoms with van der Waals surface area (Å²) in [6.07, 6.45) is 31.3. The third-order valence-corrected chi connectivity index (χ3v) is 21.7. The second kappa shape index (κ2) is 32.9. The van der Waals surface area contributed by atoms with Crippen molar-refractivity contribution in [3.63, 3.8) is 0 Å². The minimum Gasteiger partial charge on any atom is -0.354 e. The fraction of sp³-hybridized carbons (Fsp3) is 0.255. The van der Waals surface area contributed by atoms with Gasteiger partial charge in [0.25, 0.3) is 35.4 Å². The Morgan fingerprint density at radius 1 is 0.315 bits per heavy atom. The molecule has 7 heterocycles. The molecule has 11 aromatic rings. The number of anilines is 2. The van der Waals surface area contributed by atoms with Gasteiger partial charge in [0.15, 0.2) is 0 Å². The maximum atomic E-state index is 14.5. The van der Waals surface area contributed by atoms with Crippen LogP contribution in [0.5, 0.6) is 0 Å². The first-order chi connectivity index (χ1) is 53.0. The minimum atomic E-state index is -0.351. The van der Waals surface area contributed by atoms with Gasteiger partial charge in [0.2, 0.25) is 0 Å². The van der Waals surface area contributed by atoms with E-state index in [2.05, 4.69) is 83.0 Å². The Balaban J connectivity index is 0.724. The quantitative estimate of drug-likeness (QED) is 0.0253. The number of carbonyl (C=O) groups excluding carboxylic acids is 6. The smallest absolute Gasteiger partial charge is 0.261 e. The van der Waals surface area contributed by atoms with Crippen molar-refractivity contribution in [1.82, 2.24) is 29.7 Å². The van der Waals surface area contributed by atoms with Crippen LogP contribution in [0.25, 0.3) is 112 Å². The standard InChI is InChI=1S/C94H90N8O6/c1-3-5-7-9-11-13-15-17-19-27-59-101-91(105)69-37-29-35-67-73(49-47-71(87(67)69)93(101)107)99-89(103)65-43-39-63(40-44-65)85-79-55-51-75(95-79)83(61-31-23-21-24-32-61)77-53-57-81(97-77)86(82-58-54-78(98-82)84(62-33-25-22-26-34-62)76-52-56-80(85)96-76)64-41-45-66(46-42-64)90(104)100-74-50-48-72-88-68(74)36-30-38-70(88)92(106)102(94(72)108)60-28-20-18-16-14-12-10-8-6-4-2/h21-26,29-58,95,98H,3-20,27-28,59-60H2,1-2H3,(H,99,103)(H,100,104). The number of nitrogens with zero attached hydrogens (tertiary/aromatic N) is 4. The number of rotatable bonds is 30. The molecule has 4 aliphatic rings. The number of nitrogens with one attached hydrogen (secondary N) is 4. The Morgan fingerprint density at radius 2 is 0.611 bits per heavy atom. The first-order valence-corrected chi connectivity index (χ1v) is 39.0. The van der Waals surface area contributed by atoms with Crippen molar-refractivity contribution in [2.75, 3.05) is 23.7 Å². The molecule has 0 unspecified atom stereocenters. The molecule has 14 nitrogen and oxygen atoms in total. The van der Waals surface area contributed by atoms with E-state index in [9.17, 15) is 28.8 Å². The summed E-state index contributed by atoms with van der Waals surface area (Å²) in [5.41, 5.74) is 16.5. The summed E-state index contributed by atoms with van der Waals surface area (Å²) < 4.78 is 0. The van der Waals surface area contributed by atoms with Crippen LogP contribution < -0.4 is 10.6 Å². The number of hydrogen-bond acceptors (Lipinski definition) is 8. The summed E-state index contributed by atoms with van der Waals surface area (Å²) in [5, 5.41) is 8.60. The van der Waals surface area contributed by atoms with E-state index < -0.39 is 0 Å². The number of carbonyl (C=O) groups is 6. The molecule has 3 aromatic heterocycles. The maximum Gasteiger partial charge on any atom is 0.261 e. The molecule has 14 heteroatoms. The molecule has 0 atom stereocenters. The van der Waals surface area contributed by atoms with E-state index >= 15 is 0 Å². The third kappa shape index (κ3) is 14.9. The van der Waals surface area contributed by atoms with E-state index in [1.54, 1.807) is 60.7 Å². The number of H-pyrrole nitrogens is 2. The molecule has 0 fully saturated rings. The zero-order valence-corrected chi connectivity index (χ0v) is 61.6. The van der Waals surface area contributed by atoms with Gasteiger partial charge in [-0.2, -0.15) is 0 Å². The molecule has 0 saturated carbocycles. The number of aromatic amines is 2. The molecule has 0 spiro atoms. The highest BCUT2D eigenvalue weighted by Gasteiger charge is 2.35. The molecule has 8 bridgehead atoms. The summed E-state index contributed by atoms with van der Waals surface area (Å²) in [4.78, 5) is 107. The molecule has 15 rings (SSSR count). The fourth-order valence-corrected chi connectivity index (χ4v) is 16.0. The summed E-state index contributed by atoms with van der Waals surface area (Å²) in [6.45, 7) is 5.21. The minimum absolute atomic E-state index is 0.308. The molecular weight excluding hydrogens is 1340 g/mol. The normalized spacial score (nSPS) is 13.0. The number of benzene rings is 8. The highest BCUT2D eigenvalue weighted by molar-refractivity contribution is 6.29. The Hall–Kier alpha value is -11.9. The number of unbranched alkanes of at least 4 members (excludes halogenated alkanes) is 18. The molecule has 4 aliphatic heterocycles. The third-order valence-electron chi connectivity index (χ3n) is 21.7. The second-order valence-corrected chi connectivity index (χ2v) is 29.0. The van der Waals surface area contributed by atoms with Crippen LogP contribution in [0.15, 0.2) is 194 Å². The predicted octanol–water partition coefficient (Wildman–Crippen LogP) is 23.2. The van der Waals surface area contributed by atoms with Crippen molar-refractivity contribution in [2.24, 2.45) is 0 Å². The van der Waals surface area contributed by atoms with E-state index in [4.69, 9.17) is 9.97 Å². The predicted molar refractivity (Wildman–Crippen MR) is 439 cm³/mol. The summed E-state index contributed by atoms with van der Waals surface area (Å²) >= 11 is 0. The topological polar surface area (TPSA) is 190 Å². The Kier molecular flexibility index (Phi) is 21.8. The van der Waals surface area contributed by atoms with E-state index in [-0.39, 0.29) is 35.4 Å². The van der Waals surface area contributed by atoms with Gasteiger partial charge < -0.3 is 20.6 Å². The van der Waals surface area contributed by atoms with Gasteiger partial charge in [-0.25, -0.2) is 9.97 Å². The maximum absolute atomic E-state index is 14.5. The average Bonchev–Trinajstić information content (AvgIpc) is 0.947. The van der Waals surface area contributed by atoms with Crippen molar-refractivity contribution in [3.8, 4) is 44.5 Å². The Morgan fingerprint density at radius 3 is 0.935 bits per heavy atom. The van der Waals surface area contributed by atoms with Crippen LogP contribution in [0.1, 0.15) is 227 Å². The Labute approximate surface area is 630 Å². The van der Waals surface area contributed by atoms with Gasteiger partial charge in [0.05, 0.1) is 22.8 Å². The van der Waals surface area contributed by atoms with Crippen LogP contribution in [0, 0.1) is 0 Å². The molecule has 542 valence electrons. The first kappa shape index (κ1) is 71.7. The summed E-state index contributed by atoms with van der Waals surface area (Å²) in [6, 6.07) is 61.4. The highest BCUT2D eigenvalue weighted by atomic mass is 16.2. The number of fused-ring (bicyclic) bond motifs is 8. The summed E-state index contributed by atoms with van der Waals surface area (Å²) in [7, 11) is 0. The number of aromatic nitrogens is 4. The largest absolute Gasteiger partial charge is 0.354 e. The number of hydrogen-bond donors (Lipinski definition) is 4. The van der Waals surface area contributed by atoms with Crippen molar-refractivity contribution >= 4 is 115 Å². The lowest BCUT2D eigenvalue weighted by Gasteiger charge is -2.28. The molecule has 0 radical (unpaired) electrons. The van der Waals surface area contributed by atoms with Gasteiger partial charge >= 0.3 is 0 Å². The lowest BCUT2D eigenvalue weighted by molar-refractivity contribution is 0.0592. The van der Waals surface area contributed by atoms with Gasteiger partial charge in [0.1, 0.15) is 0 Å². The van der Waals surface area contributed by atoms with E-state index in [1.807, 2.05) is 109 Å². The van der Waals surface area contributed by atoms with E-state index in [1.165, 1.54) is 86.8 Å². The van der Waals surface area contributed by atoms with Crippen LogP contribution in [-0.2, 0) is 0 Å². The molecule has 6 amide bonds. The van der Waals surface area contributed by atoms with Crippen LogP contribution >= 0.6 is 0 Å². The fourth-order valence-electron chi connectivity index (χ4n) is 16.0. The summed E-state index contributed by atoms with van der Waals surface area (Å²) in [5.74, 6) is -1.93. The van der Waals surface area contributed by atoms with Gasteiger partial charge in [-0.05, 0) is 144 Å². The van der Waals surface area contributed by atoms with Crippen molar-refractivity contribution in [3.05, 3.63) is 250 Å². The van der Waals surface area contributed by atoms with Crippen LogP contribution in [0.4, 0.5) is 11.4 Å². The SMILES string of the molecule is CCCCCCCCCCCCN1C(=O)c2cccc3c(NC(=O)c4ccc(-c5c6nc(c(-c7ccccc7)c7ccc([nH]7)c(-c7ccc(C(=O)Nc8ccc9c%10c(cccc8%10)C(=O)N(CCCCCCCCCCCC)C9=O)cc7)c7nc(c(-c8ccccc8)c8ccc5[nH]8)C=C7)C=C6)cc4)ccc(c23)C1=O. The van der Waals surface area contributed by atoms with Crippen LogP contribution in [0.2, 0.25) is 0 Å². The van der Waals surface area contributed by atoms with Crippen molar-refractivity contribution in [1.29, 1.82) is 0 Å². The van der Waals surface area contributed by atoms with Gasteiger partial charge in [-0.15, -0.1) is 0 Å². The molecule has 0 aliphatic carbocycles. The van der Waals surface area contributed by atoms with E-state index in [0.29, 0.717) is 90.8 Å². The molecule has 8 aromatic carbocycles. The van der Waals surface area contributed by atoms with Crippen molar-refractivity contribution in [2.45, 2.75) is 142 Å². The molecule has 108 heavy (non-hydrogen) atoms. The lowest BCUT2D eigenvalue weighted by atomic mass is 9.92. The average molecular weight is 1430 g/mol. The zero-order chi connectivity index (χ0) is 74.0. The second-order valence-electron chi connectivity index (χ2n) is 29.0. The molecular formula is C94H90N8O6. The molecule has 4 N–H and O–H groups in total. The first-order valence-electron chi connectivity index (χ1n) is 39.0. The van der Waals surface area contributed by atoms with Gasteiger partial charge in [-0.3, -0.25) is 38.6 Å². The molecule has 0 saturated heterocycles. The highest BCUT2D eigenvalue weighted by Crippen LogP contribution is 2.42. The van der Waals surface area contributed by atoms with Crippen LogP contribution in [-0.4, -0.2) is 78.3 Å². The Bertz CT molecular complexity index is 5130. The van der Waals surface area contributed by atoms with E-state index in [0.717, 1.165) is 129 Å². The lowest BCUT2D eigenvalue weighted by Crippen LogP contribution is -2.40. The van der Waals surface area contributed by atoms with Gasteiger partial charge in [0, 0.05) is 124 Å². The van der Waals surface area contributed by atoms with Gasteiger partial charge in [-0.1, -0.05) is 239 Å². The van der Waals surface area contributed by atoms with Crippen LogP contribution in [0.3, 0.4) is 0 Å². The number of amides is 6. The number of imide groups is 2. The zero-order valence-electron chi connectivity index (χ0n) is 61.6. The van der Waals surface area contributed by atoms with Crippen molar-refractivity contribution < 1.29 is 28.8 Å².